The number of benzene rings is 1. The van der Waals surface area contributed by atoms with Crippen LogP contribution in [0.1, 0.15) is 5.82 Å². The second-order valence-electron chi connectivity index (χ2n) is 5.03. The van der Waals surface area contributed by atoms with E-state index in [0.717, 1.165) is 11.8 Å². The molecular formula is C15H12F3N5O2S. The number of carbonyl (C=O) groups excluding carboxylic acids is 1. The Kier molecular flexibility index (Phi) is 4.98. The van der Waals surface area contributed by atoms with Crippen molar-refractivity contribution in [2.45, 2.75) is 11.2 Å². The number of amides is 1. The van der Waals surface area contributed by atoms with Gasteiger partial charge < -0.3 is 10.1 Å². The van der Waals surface area contributed by atoms with E-state index >= 15 is 0 Å². The molecule has 2 heterocycles. The van der Waals surface area contributed by atoms with Gasteiger partial charge in [0.2, 0.25) is 5.91 Å². The summed E-state index contributed by atoms with van der Waals surface area (Å²) in [6.07, 6.45) is -4.67. The van der Waals surface area contributed by atoms with Crippen LogP contribution in [-0.4, -0.2) is 38.6 Å². The van der Waals surface area contributed by atoms with Gasteiger partial charge in [-0.25, -0.2) is 0 Å². The van der Waals surface area contributed by atoms with Gasteiger partial charge in [0.25, 0.3) is 5.82 Å². The Balaban J connectivity index is 1.68. The quantitative estimate of drug-likeness (QED) is 0.683. The number of alkyl halides is 3. The average Bonchev–Trinajstić information content (AvgIpc) is 3.03. The first-order valence-electron chi connectivity index (χ1n) is 7.23. The number of hydrogen-bond donors (Lipinski definition) is 1. The van der Waals surface area contributed by atoms with Crippen LogP contribution in [-0.2, 0) is 11.0 Å². The van der Waals surface area contributed by atoms with Gasteiger partial charge in [-0.1, -0.05) is 17.8 Å². The van der Waals surface area contributed by atoms with Gasteiger partial charge in [0.05, 0.1) is 12.9 Å². The molecule has 0 aliphatic rings. The first kappa shape index (κ1) is 18.0. The monoisotopic (exact) mass is 383 g/mol. The number of nitrogens with zero attached hydrogens (tertiary/aromatic N) is 4. The van der Waals surface area contributed by atoms with Crippen molar-refractivity contribution in [1.82, 2.24) is 19.8 Å². The van der Waals surface area contributed by atoms with E-state index < -0.39 is 12.0 Å². The molecule has 0 unspecified atom stereocenters. The molecule has 0 spiro atoms. The van der Waals surface area contributed by atoms with Gasteiger partial charge in [0, 0.05) is 11.8 Å². The second kappa shape index (κ2) is 7.20. The first-order valence-corrected chi connectivity index (χ1v) is 8.22. The lowest BCUT2D eigenvalue weighted by molar-refractivity contribution is -0.146. The molecule has 1 amide bonds. The van der Waals surface area contributed by atoms with Crippen LogP contribution < -0.4 is 10.1 Å². The Morgan fingerprint density at radius 2 is 2.08 bits per heavy atom. The number of rotatable bonds is 5. The molecular weight excluding hydrogens is 371 g/mol. The Morgan fingerprint density at radius 1 is 1.27 bits per heavy atom. The van der Waals surface area contributed by atoms with Gasteiger partial charge in [-0.2, -0.15) is 22.8 Å². The molecule has 0 aliphatic carbocycles. The predicted octanol–water partition coefficient (Wildman–Crippen LogP) is 2.88. The minimum absolute atomic E-state index is 0.0255. The van der Waals surface area contributed by atoms with Crippen molar-refractivity contribution in [2.75, 3.05) is 18.2 Å². The molecule has 0 bridgehead atoms. The Bertz CT molecular complexity index is 944. The highest BCUT2D eigenvalue weighted by Gasteiger charge is 2.37. The molecule has 26 heavy (non-hydrogen) atoms. The number of fused-ring (bicyclic) bond motifs is 1. The number of anilines is 1. The van der Waals surface area contributed by atoms with Crippen molar-refractivity contribution in [3.05, 3.63) is 42.2 Å². The molecule has 0 atom stereocenters. The lowest BCUT2D eigenvalue weighted by atomic mass is 10.3. The average molecular weight is 383 g/mol. The summed E-state index contributed by atoms with van der Waals surface area (Å²) in [5.74, 6) is -0.977. The molecule has 0 aliphatic heterocycles. The number of aromatic nitrogens is 4. The third-order valence-corrected chi connectivity index (χ3v) is 4.12. The van der Waals surface area contributed by atoms with E-state index in [1.54, 1.807) is 24.3 Å². The van der Waals surface area contributed by atoms with Gasteiger partial charge in [0.15, 0.2) is 5.65 Å². The molecule has 2 aromatic heterocycles. The summed E-state index contributed by atoms with van der Waals surface area (Å²) in [7, 11) is 1.51. The van der Waals surface area contributed by atoms with Crippen LogP contribution in [0.4, 0.5) is 18.9 Å². The van der Waals surface area contributed by atoms with Crippen LogP contribution in [0.15, 0.2) is 41.4 Å². The highest BCUT2D eigenvalue weighted by molar-refractivity contribution is 7.99. The van der Waals surface area contributed by atoms with Gasteiger partial charge in [-0.3, -0.25) is 4.79 Å². The summed E-state index contributed by atoms with van der Waals surface area (Å²) in [6, 6.07) is 9.65. The molecule has 3 rings (SSSR count). The molecule has 0 saturated carbocycles. The number of hydrogen-bond acceptors (Lipinski definition) is 6. The number of methoxy groups -OCH3 is 1. The van der Waals surface area contributed by atoms with Gasteiger partial charge >= 0.3 is 6.18 Å². The molecule has 3 aromatic rings. The maximum absolute atomic E-state index is 12.9. The number of thioether (sulfide) groups is 1. The van der Waals surface area contributed by atoms with E-state index in [-0.39, 0.29) is 22.3 Å². The molecule has 0 fully saturated rings. The standard InChI is InChI=1S/C15H12F3N5O2S/c1-25-10-4-2-3-9(7-10)19-12(24)8-26-13-6-5-11-20-21-14(15(16,17)18)23(11)22-13/h2-7H,8H2,1H3,(H,19,24). The second-order valence-corrected chi connectivity index (χ2v) is 6.03. The zero-order valence-corrected chi connectivity index (χ0v) is 14.1. The Labute approximate surface area is 149 Å². The van der Waals surface area contributed by atoms with Crippen LogP contribution in [0, 0.1) is 0 Å². The van der Waals surface area contributed by atoms with Gasteiger partial charge in [0.1, 0.15) is 10.8 Å². The summed E-state index contributed by atoms with van der Waals surface area (Å²) >= 11 is 0.997. The smallest absolute Gasteiger partial charge is 0.453 e. The molecule has 1 N–H and O–H groups in total. The van der Waals surface area contributed by atoms with E-state index in [2.05, 4.69) is 20.6 Å². The minimum Gasteiger partial charge on any atom is -0.497 e. The molecule has 136 valence electrons. The van der Waals surface area contributed by atoms with Crippen LogP contribution in [0.5, 0.6) is 5.75 Å². The summed E-state index contributed by atoms with van der Waals surface area (Å²) in [5, 5.41) is 13.3. The summed E-state index contributed by atoms with van der Waals surface area (Å²) < 4.78 is 44.2. The van der Waals surface area contributed by atoms with E-state index in [9.17, 15) is 18.0 Å². The predicted molar refractivity (Wildman–Crippen MR) is 88.1 cm³/mol. The lowest BCUT2D eigenvalue weighted by Crippen LogP contribution is -2.15. The summed E-state index contributed by atoms with van der Waals surface area (Å²) in [4.78, 5) is 12.0. The third-order valence-electron chi connectivity index (χ3n) is 3.20. The van der Waals surface area contributed by atoms with Gasteiger partial charge in [-0.15, -0.1) is 10.2 Å². The van der Waals surface area contributed by atoms with Crippen molar-refractivity contribution in [3.63, 3.8) is 0 Å². The fourth-order valence-electron chi connectivity index (χ4n) is 2.06. The van der Waals surface area contributed by atoms with Crippen LogP contribution in [0.25, 0.3) is 5.65 Å². The van der Waals surface area contributed by atoms with Crippen molar-refractivity contribution in [1.29, 1.82) is 0 Å². The molecule has 7 nitrogen and oxygen atoms in total. The zero-order chi connectivity index (χ0) is 18.7. The van der Waals surface area contributed by atoms with Crippen LogP contribution >= 0.6 is 11.8 Å². The van der Waals surface area contributed by atoms with E-state index in [4.69, 9.17) is 4.74 Å². The zero-order valence-electron chi connectivity index (χ0n) is 13.3. The summed E-state index contributed by atoms with van der Waals surface area (Å²) in [5.41, 5.74) is 0.527. The summed E-state index contributed by atoms with van der Waals surface area (Å²) in [6.45, 7) is 0. The van der Waals surface area contributed by atoms with Crippen LogP contribution in [0.2, 0.25) is 0 Å². The van der Waals surface area contributed by atoms with Crippen molar-refractivity contribution in [2.24, 2.45) is 0 Å². The van der Waals surface area contributed by atoms with Crippen molar-refractivity contribution >= 4 is 29.0 Å². The van der Waals surface area contributed by atoms with E-state index in [0.29, 0.717) is 16.0 Å². The number of nitrogens with one attached hydrogen (secondary N) is 1. The molecule has 0 radical (unpaired) electrons. The largest absolute Gasteiger partial charge is 0.497 e. The normalized spacial score (nSPS) is 11.5. The molecule has 1 aromatic carbocycles. The fraction of sp³-hybridized carbons (Fsp3) is 0.200. The number of ether oxygens (including phenoxy) is 1. The van der Waals surface area contributed by atoms with E-state index in [1.807, 2.05) is 0 Å². The highest BCUT2D eigenvalue weighted by atomic mass is 32.2. The molecule has 0 saturated heterocycles. The number of carbonyl (C=O) groups is 1. The minimum atomic E-state index is -4.67. The Morgan fingerprint density at radius 3 is 2.81 bits per heavy atom. The van der Waals surface area contributed by atoms with Crippen LogP contribution in [0.3, 0.4) is 0 Å². The highest BCUT2D eigenvalue weighted by Crippen LogP contribution is 2.28. The van der Waals surface area contributed by atoms with Gasteiger partial charge in [-0.05, 0) is 24.3 Å². The third kappa shape index (κ3) is 4.04. The van der Waals surface area contributed by atoms with Crippen molar-refractivity contribution in [3.8, 4) is 5.75 Å². The topological polar surface area (TPSA) is 81.4 Å². The lowest BCUT2D eigenvalue weighted by Gasteiger charge is -2.07. The van der Waals surface area contributed by atoms with Crippen molar-refractivity contribution < 1.29 is 22.7 Å². The fourth-order valence-corrected chi connectivity index (χ4v) is 2.72. The maximum Gasteiger partial charge on any atom is 0.453 e. The first-order chi connectivity index (χ1) is 12.4. The SMILES string of the molecule is COc1cccc(NC(=O)CSc2ccc3nnc(C(F)(F)F)n3n2)c1. The molecule has 11 heteroatoms. The Hall–Kier alpha value is -2.82. The maximum atomic E-state index is 12.9. The number of halogens is 3. The van der Waals surface area contributed by atoms with E-state index in [1.165, 1.54) is 19.2 Å².